The Morgan fingerprint density at radius 1 is 0.969 bits per heavy atom. The Morgan fingerprint density at radius 3 is 2.62 bits per heavy atom. The Balaban J connectivity index is 1.04. The van der Waals surface area contributed by atoms with Crippen LogP contribution in [0.25, 0.3) is 11.0 Å². The van der Waals surface area contributed by atoms with Crippen LogP contribution in [-0.4, -0.2) is 64.1 Å². The van der Waals surface area contributed by atoms with Gasteiger partial charge < -0.3 is 23.8 Å². The van der Waals surface area contributed by atoms with Crippen molar-refractivity contribution >= 4 is 22.8 Å². The number of ether oxygens (including phenoxy) is 2. The standard InChI is InChI=1S/C24H24N4O4/c29-23(13-28-14-25-19-3-1-2-4-20(19)28)26-7-9-27(10-8-26)24(30)18-12-17(18)16-5-6-21-22(11-16)32-15-31-21/h1-6,11,14,17-18H,7-10,12-13,15H2. The van der Waals surface area contributed by atoms with Crippen LogP contribution in [0.5, 0.6) is 11.5 Å². The predicted molar refractivity (Wildman–Crippen MR) is 116 cm³/mol. The molecule has 2 aliphatic heterocycles. The first-order chi connectivity index (χ1) is 15.7. The van der Waals surface area contributed by atoms with Gasteiger partial charge in [0, 0.05) is 32.1 Å². The highest BCUT2D eigenvalue weighted by Crippen LogP contribution is 2.50. The quantitative estimate of drug-likeness (QED) is 0.632. The molecule has 8 heteroatoms. The molecule has 2 atom stereocenters. The number of benzene rings is 2. The molecular weight excluding hydrogens is 408 g/mol. The minimum atomic E-state index is 0.0231. The molecule has 1 aromatic heterocycles. The van der Waals surface area contributed by atoms with Crippen LogP contribution in [-0.2, 0) is 16.1 Å². The van der Waals surface area contributed by atoms with Crippen LogP contribution in [0.2, 0.25) is 0 Å². The summed E-state index contributed by atoms with van der Waals surface area (Å²) in [5.74, 6) is 2.05. The van der Waals surface area contributed by atoms with Crippen LogP contribution >= 0.6 is 0 Å². The Morgan fingerprint density at radius 2 is 1.75 bits per heavy atom. The van der Waals surface area contributed by atoms with Crippen LogP contribution in [0.15, 0.2) is 48.8 Å². The van der Waals surface area contributed by atoms with Gasteiger partial charge in [-0.2, -0.15) is 0 Å². The number of hydrogen-bond acceptors (Lipinski definition) is 5. The Kier molecular flexibility index (Phi) is 4.52. The van der Waals surface area contributed by atoms with Crippen LogP contribution < -0.4 is 9.47 Å². The predicted octanol–water partition coefficient (Wildman–Crippen LogP) is 2.24. The van der Waals surface area contributed by atoms with E-state index in [0.717, 1.165) is 34.5 Å². The summed E-state index contributed by atoms with van der Waals surface area (Å²) in [4.78, 5) is 33.9. The molecule has 0 bridgehead atoms. The van der Waals surface area contributed by atoms with E-state index < -0.39 is 0 Å². The third-order valence-electron chi connectivity index (χ3n) is 6.71. The molecule has 2 amide bonds. The molecule has 0 spiro atoms. The average molecular weight is 432 g/mol. The zero-order valence-electron chi connectivity index (χ0n) is 17.6. The average Bonchev–Trinajstić information content (AvgIpc) is 3.31. The fourth-order valence-electron chi connectivity index (χ4n) is 4.77. The van der Waals surface area contributed by atoms with Crippen molar-refractivity contribution in [3.63, 3.8) is 0 Å². The Bertz CT molecular complexity index is 1200. The van der Waals surface area contributed by atoms with Gasteiger partial charge >= 0.3 is 0 Å². The lowest BCUT2D eigenvalue weighted by atomic mass is 10.1. The van der Waals surface area contributed by atoms with E-state index in [-0.39, 0.29) is 37.0 Å². The smallest absolute Gasteiger partial charge is 0.242 e. The summed E-state index contributed by atoms with van der Waals surface area (Å²) in [6, 6.07) is 13.7. The maximum absolute atomic E-state index is 13.0. The summed E-state index contributed by atoms with van der Waals surface area (Å²) < 4.78 is 12.7. The SMILES string of the molecule is O=C(Cn1cnc2ccccc21)N1CCN(C(=O)C2CC2c2ccc3c(c2)OCO3)CC1. The molecule has 3 heterocycles. The molecule has 3 aliphatic rings. The lowest BCUT2D eigenvalue weighted by Crippen LogP contribution is -2.51. The molecule has 32 heavy (non-hydrogen) atoms. The van der Waals surface area contributed by atoms with E-state index in [2.05, 4.69) is 4.98 Å². The number of piperazine rings is 1. The van der Waals surface area contributed by atoms with Gasteiger partial charge in [-0.25, -0.2) is 4.98 Å². The monoisotopic (exact) mass is 432 g/mol. The van der Waals surface area contributed by atoms with Gasteiger partial charge in [0.25, 0.3) is 0 Å². The van der Waals surface area contributed by atoms with Gasteiger partial charge in [0.1, 0.15) is 6.54 Å². The summed E-state index contributed by atoms with van der Waals surface area (Å²) in [6.45, 7) is 2.82. The fraction of sp³-hybridized carbons (Fsp3) is 0.375. The molecular formula is C24H24N4O4. The van der Waals surface area contributed by atoms with Gasteiger partial charge in [-0.1, -0.05) is 18.2 Å². The van der Waals surface area contributed by atoms with E-state index in [1.54, 1.807) is 6.33 Å². The molecule has 2 fully saturated rings. The summed E-state index contributed by atoms with van der Waals surface area (Å²) in [6.07, 6.45) is 2.58. The molecule has 2 aromatic carbocycles. The van der Waals surface area contributed by atoms with E-state index >= 15 is 0 Å². The molecule has 2 unspecified atom stereocenters. The first kappa shape index (κ1) is 19.2. The van der Waals surface area contributed by atoms with Gasteiger partial charge in [0.2, 0.25) is 18.6 Å². The van der Waals surface area contributed by atoms with Gasteiger partial charge in [0.15, 0.2) is 11.5 Å². The maximum atomic E-state index is 13.0. The van der Waals surface area contributed by atoms with Gasteiger partial charge in [0.05, 0.1) is 17.4 Å². The first-order valence-corrected chi connectivity index (χ1v) is 11.0. The number of aromatic nitrogens is 2. The van der Waals surface area contributed by atoms with Gasteiger partial charge in [-0.05, 0) is 42.2 Å². The minimum absolute atomic E-state index is 0.0231. The molecule has 164 valence electrons. The van der Waals surface area contributed by atoms with E-state index in [4.69, 9.17) is 9.47 Å². The summed E-state index contributed by atoms with van der Waals surface area (Å²) in [5, 5.41) is 0. The fourth-order valence-corrected chi connectivity index (χ4v) is 4.77. The van der Waals surface area contributed by atoms with Crippen molar-refractivity contribution in [2.75, 3.05) is 33.0 Å². The zero-order chi connectivity index (χ0) is 21.7. The second kappa shape index (κ2) is 7.55. The topological polar surface area (TPSA) is 76.9 Å². The van der Waals surface area contributed by atoms with E-state index in [9.17, 15) is 9.59 Å². The molecule has 1 saturated carbocycles. The van der Waals surface area contributed by atoms with E-state index in [1.165, 1.54) is 0 Å². The number of hydrogen-bond donors (Lipinski definition) is 0. The highest BCUT2D eigenvalue weighted by atomic mass is 16.7. The number of amides is 2. The van der Waals surface area contributed by atoms with Crippen LogP contribution in [0.3, 0.4) is 0 Å². The molecule has 8 nitrogen and oxygen atoms in total. The van der Waals surface area contributed by atoms with Crippen molar-refractivity contribution in [2.45, 2.75) is 18.9 Å². The zero-order valence-corrected chi connectivity index (χ0v) is 17.6. The second-order valence-corrected chi connectivity index (χ2v) is 8.63. The number of nitrogens with zero attached hydrogens (tertiary/aromatic N) is 4. The van der Waals surface area contributed by atoms with E-state index in [0.29, 0.717) is 26.2 Å². The lowest BCUT2D eigenvalue weighted by molar-refractivity contribution is -0.140. The van der Waals surface area contributed by atoms with Crippen molar-refractivity contribution in [3.8, 4) is 11.5 Å². The number of fused-ring (bicyclic) bond motifs is 2. The Labute approximate surface area is 185 Å². The summed E-state index contributed by atoms with van der Waals surface area (Å²) in [5.41, 5.74) is 2.98. The van der Waals surface area contributed by atoms with Crippen LogP contribution in [0, 0.1) is 5.92 Å². The molecule has 6 rings (SSSR count). The molecule has 1 saturated heterocycles. The third-order valence-corrected chi connectivity index (χ3v) is 6.71. The highest BCUT2D eigenvalue weighted by Gasteiger charge is 2.46. The molecule has 0 radical (unpaired) electrons. The van der Waals surface area contributed by atoms with Crippen molar-refractivity contribution in [3.05, 3.63) is 54.4 Å². The van der Waals surface area contributed by atoms with Crippen molar-refractivity contribution in [1.82, 2.24) is 19.4 Å². The summed E-state index contributed by atoms with van der Waals surface area (Å²) in [7, 11) is 0. The number of imidazole rings is 1. The first-order valence-electron chi connectivity index (χ1n) is 11.0. The normalized spacial score (nSPS) is 21.8. The summed E-state index contributed by atoms with van der Waals surface area (Å²) >= 11 is 0. The number of carbonyl (C=O) groups excluding carboxylic acids is 2. The minimum Gasteiger partial charge on any atom is -0.454 e. The van der Waals surface area contributed by atoms with Crippen molar-refractivity contribution in [2.24, 2.45) is 5.92 Å². The molecule has 0 N–H and O–H groups in total. The number of carbonyl (C=O) groups is 2. The van der Waals surface area contributed by atoms with Gasteiger partial charge in [-0.15, -0.1) is 0 Å². The maximum Gasteiger partial charge on any atom is 0.242 e. The Hall–Kier alpha value is -3.55. The third kappa shape index (κ3) is 3.36. The largest absolute Gasteiger partial charge is 0.454 e. The lowest BCUT2D eigenvalue weighted by Gasteiger charge is -2.35. The van der Waals surface area contributed by atoms with Gasteiger partial charge in [-0.3, -0.25) is 9.59 Å². The van der Waals surface area contributed by atoms with Crippen molar-refractivity contribution < 1.29 is 19.1 Å². The second-order valence-electron chi connectivity index (χ2n) is 8.63. The van der Waals surface area contributed by atoms with Crippen molar-refractivity contribution in [1.29, 1.82) is 0 Å². The van der Waals surface area contributed by atoms with Crippen LogP contribution in [0.4, 0.5) is 0 Å². The number of rotatable bonds is 4. The van der Waals surface area contributed by atoms with Crippen LogP contribution in [0.1, 0.15) is 17.9 Å². The molecule has 1 aliphatic carbocycles. The number of para-hydroxylation sites is 2. The van der Waals surface area contributed by atoms with E-state index in [1.807, 2.05) is 56.8 Å². The highest BCUT2D eigenvalue weighted by molar-refractivity contribution is 5.84. The molecule has 3 aromatic rings.